The van der Waals surface area contributed by atoms with Crippen LogP contribution in [0.25, 0.3) is 0 Å². The Hall–Kier alpha value is 0.803. The van der Waals surface area contributed by atoms with E-state index in [2.05, 4.69) is 4.90 Å². The van der Waals surface area contributed by atoms with Crippen LogP contribution in [-0.4, -0.2) is 36.2 Å². The summed E-state index contributed by atoms with van der Waals surface area (Å²) in [7, 11) is 4.01. The number of rotatable bonds is 3. The van der Waals surface area contributed by atoms with Gasteiger partial charge in [0.1, 0.15) is 0 Å². The summed E-state index contributed by atoms with van der Waals surface area (Å²) < 4.78 is 0. The summed E-state index contributed by atoms with van der Waals surface area (Å²) in [6.07, 6.45) is 0.833. The molecule has 0 atom stereocenters. The first-order valence-electron chi connectivity index (χ1n) is 3.29. The van der Waals surface area contributed by atoms with Crippen LogP contribution >= 0.6 is 0 Å². The van der Waals surface area contributed by atoms with Gasteiger partial charge in [-0.2, -0.15) is 0 Å². The molecule has 0 aromatic heterocycles. The molecule has 0 aromatic carbocycles. The first-order chi connectivity index (χ1) is 3.92. The average molecular weight is 222 g/mol. The smallest absolute Gasteiger partial charge is 0.0603 e. The Kier molecular flexibility index (Phi) is 7.31. The summed E-state index contributed by atoms with van der Waals surface area (Å²) in [5, 5.41) is 9.24. The van der Waals surface area contributed by atoms with Gasteiger partial charge in [0.05, 0.1) is 5.60 Å². The Labute approximate surface area is 82.7 Å². The van der Waals surface area contributed by atoms with Crippen molar-refractivity contribution in [1.82, 2.24) is 4.90 Å². The molecule has 0 aromatic rings. The second kappa shape index (κ2) is 5.45. The third kappa shape index (κ3) is 11.6. The molecule has 3 heteroatoms. The molecule has 0 bridgehead atoms. The second-order valence-electron chi connectivity index (χ2n) is 3.37. The third-order valence-electron chi connectivity index (χ3n) is 1.17. The maximum Gasteiger partial charge on any atom is 0.0603 e. The minimum Gasteiger partial charge on any atom is -0.390 e. The summed E-state index contributed by atoms with van der Waals surface area (Å²) in [4.78, 5) is 2.07. The molecule has 0 amide bonds. The quantitative estimate of drug-likeness (QED) is 0.760. The van der Waals surface area contributed by atoms with Crippen LogP contribution in [0.2, 0.25) is 0 Å². The van der Waals surface area contributed by atoms with Crippen molar-refractivity contribution in [2.24, 2.45) is 0 Å². The summed E-state index contributed by atoms with van der Waals surface area (Å²) in [5.41, 5.74) is -0.510. The topological polar surface area (TPSA) is 23.5 Å². The molecule has 0 aliphatic carbocycles. The van der Waals surface area contributed by atoms with Crippen molar-refractivity contribution < 1.29 is 31.3 Å². The van der Waals surface area contributed by atoms with Crippen LogP contribution in [0, 0.1) is 0 Å². The molecule has 0 rings (SSSR count). The van der Waals surface area contributed by atoms with Crippen molar-refractivity contribution in [3.05, 3.63) is 0 Å². The molecular weight excluding hydrogens is 205 g/mol. The maximum absolute atomic E-state index is 9.24. The summed E-state index contributed by atoms with van der Waals surface area (Å²) in [6, 6.07) is 0. The monoisotopic (exact) mass is 221 g/mol. The molecular formula is C7H17NOZr. The van der Waals surface area contributed by atoms with Crippen molar-refractivity contribution in [2.45, 2.75) is 25.9 Å². The van der Waals surface area contributed by atoms with Crippen LogP contribution < -0.4 is 0 Å². The van der Waals surface area contributed by atoms with Gasteiger partial charge in [-0.25, -0.2) is 0 Å². The molecule has 0 saturated heterocycles. The van der Waals surface area contributed by atoms with Crippen molar-refractivity contribution in [3.63, 3.8) is 0 Å². The molecule has 0 saturated carbocycles. The largest absolute Gasteiger partial charge is 0.390 e. The number of hydrogen-bond donors (Lipinski definition) is 1. The first-order valence-corrected chi connectivity index (χ1v) is 3.29. The molecule has 0 aliphatic heterocycles. The Morgan fingerprint density at radius 1 is 1.30 bits per heavy atom. The van der Waals surface area contributed by atoms with Gasteiger partial charge in [-0.15, -0.1) is 0 Å². The SMILES string of the molecule is CN(C)CCC(C)(C)O.[Zr]. The predicted molar refractivity (Wildman–Crippen MR) is 39.5 cm³/mol. The van der Waals surface area contributed by atoms with Gasteiger partial charge < -0.3 is 10.0 Å². The van der Waals surface area contributed by atoms with Gasteiger partial charge in [0.2, 0.25) is 0 Å². The zero-order valence-electron chi connectivity index (χ0n) is 7.31. The molecule has 0 spiro atoms. The van der Waals surface area contributed by atoms with E-state index in [0.717, 1.165) is 13.0 Å². The van der Waals surface area contributed by atoms with Gasteiger partial charge in [-0.05, 0) is 34.4 Å². The normalized spacial score (nSPS) is 11.4. The second-order valence-corrected chi connectivity index (χ2v) is 3.37. The molecule has 60 valence electrons. The van der Waals surface area contributed by atoms with E-state index in [-0.39, 0.29) is 26.2 Å². The van der Waals surface area contributed by atoms with Gasteiger partial charge in [-0.3, -0.25) is 0 Å². The van der Waals surface area contributed by atoms with E-state index in [1.165, 1.54) is 0 Å². The first kappa shape index (κ1) is 13.4. The van der Waals surface area contributed by atoms with E-state index in [0.29, 0.717) is 0 Å². The van der Waals surface area contributed by atoms with E-state index in [1.807, 2.05) is 27.9 Å². The van der Waals surface area contributed by atoms with Crippen molar-refractivity contribution in [1.29, 1.82) is 0 Å². The Morgan fingerprint density at radius 2 is 1.70 bits per heavy atom. The molecule has 0 aliphatic rings. The Morgan fingerprint density at radius 3 is 1.80 bits per heavy atom. The van der Waals surface area contributed by atoms with Gasteiger partial charge in [0.15, 0.2) is 0 Å². The van der Waals surface area contributed by atoms with Crippen LogP contribution in [0.1, 0.15) is 20.3 Å². The molecule has 0 radical (unpaired) electrons. The van der Waals surface area contributed by atoms with E-state index < -0.39 is 5.60 Å². The van der Waals surface area contributed by atoms with Gasteiger partial charge in [-0.1, -0.05) is 0 Å². The number of nitrogens with zero attached hydrogens (tertiary/aromatic N) is 1. The fourth-order valence-electron chi connectivity index (χ4n) is 0.497. The maximum atomic E-state index is 9.24. The minimum absolute atomic E-state index is 0. The number of aliphatic hydroxyl groups is 1. The van der Waals surface area contributed by atoms with Gasteiger partial charge in [0.25, 0.3) is 0 Å². The minimum atomic E-state index is -0.510. The molecule has 0 fully saturated rings. The van der Waals surface area contributed by atoms with E-state index in [4.69, 9.17) is 0 Å². The van der Waals surface area contributed by atoms with Crippen LogP contribution in [0.4, 0.5) is 0 Å². The standard InChI is InChI=1S/C7H17NO.Zr/c1-7(2,9)5-6-8(3)4;/h9H,5-6H2,1-4H3;. The zero-order chi connectivity index (χ0) is 7.49. The van der Waals surface area contributed by atoms with E-state index in [9.17, 15) is 5.11 Å². The molecule has 0 unspecified atom stereocenters. The van der Waals surface area contributed by atoms with Crippen LogP contribution in [0.5, 0.6) is 0 Å². The van der Waals surface area contributed by atoms with Gasteiger partial charge in [0, 0.05) is 32.7 Å². The summed E-state index contributed by atoms with van der Waals surface area (Å²) in [5.74, 6) is 0. The van der Waals surface area contributed by atoms with Crippen LogP contribution in [-0.2, 0) is 26.2 Å². The van der Waals surface area contributed by atoms with Crippen LogP contribution in [0.3, 0.4) is 0 Å². The summed E-state index contributed by atoms with van der Waals surface area (Å²) in [6.45, 7) is 4.61. The molecule has 0 heterocycles. The fraction of sp³-hybridized carbons (Fsp3) is 1.00. The fourth-order valence-corrected chi connectivity index (χ4v) is 0.497. The zero-order valence-corrected chi connectivity index (χ0v) is 9.77. The molecule has 2 nitrogen and oxygen atoms in total. The van der Waals surface area contributed by atoms with E-state index in [1.54, 1.807) is 0 Å². The van der Waals surface area contributed by atoms with Crippen LogP contribution in [0.15, 0.2) is 0 Å². The van der Waals surface area contributed by atoms with Crippen molar-refractivity contribution >= 4 is 0 Å². The number of hydrogen-bond acceptors (Lipinski definition) is 2. The third-order valence-corrected chi connectivity index (χ3v) is 1.17. The van der Waals surface area contributed by atoms with Gasteiger partial charge >= 0.3 is 0 Å². The summed E-state index contributed by atoms with van der Waals surface area (Å²) >= 11 is 0. The Balaban J connectivity index is 0. The van der Waals surface area contributed by atoms with E-state index >= 15 is 0 Å². The predicted octanol–water partition coefficient (Wildman–Crippen LogP) is 0.707. The Bertz CT molecular complexity index is 78.2. The molecule has 10 heavy (non-hydrogen) atoms. The van der Waals surface area contributed by atoms with Crippen molar-refractivity contribution in [2.75, 3.05) is 20.6 Å². The average Bonchev–Trinajstić information content (AvgIpc) is 1.59. The molecule has 1 N–H and O–H groups in total. The van der Waals surface area contributed by atoms with Crippen molar-refractivity contribution in [3.8, 4) is 0 Å².